The molecule has 2 aromatic rings. The number of amides is 1. The van der Waals surface area contributed by atoms with Gasteiger partial charge in [-0.3, -0.25) is 4.79 Å². The van der Waals surface area contributed by atoms with E-state index in [0.29, 0.717) is 31.9 Å². The Morgan fingerprint density at radius 1 is 1.03 bits per heavy atom. The van der Waals surface area contributed by atoms with Gasteiger partial charge in [0.2, 0.25) is 15.9 Å². The van der Waals surface area contributed by atoms with E-state index in [1.165, 1.54) is 20.8 Å². The van der Waals surface area contributed by atoms with Crippen molar-refractivity contribution in [2.24, 2.45) is 0 Å². The molecule has 154 valence electrons. The summed E-state index contributed by atoms with van der Waals surface area (Å²) < 4.78 is 26.5. The van der Waals surface area contributed by atoms with Gasteiger partial charge in [0.05, 0.1) is 5.75 Å². The lowest BCUT2D eigenvalue weighted by Crippen LogP contribution is -2.50. The number of sulfonamides is 1. The summed E-state index contributed by atoms with van der Waals surface area (Å²) >= 11 is 1.59. The lowest BCUT2D eigenvalue weighted by atomic mass is 10.2. The average Bonchev–Trinajstić information content (AvgIpc) is 2.73. The molecule has 29 heavy (non-hydrogen) atoms. The summed E-state index contributed by atoms with van der Waals surface area (Å²) in [6, 6.07) is 17.6. The molecule has 0 aliphatic carbocycles. The second-order valence-electron chi connectivity index (χ2n) is 7.02. The molecular weight excluding hydrogens is 404 g/mol. The number of aryl methyl sites for hydroxylation is 1. The van der Waals surface area contributed by atoms with Gasteiger partial charge in [-0.1, -0.05) is 60.2 Å². The van der Waals surface area contributed by atoms with Crippen LogP contribution in [0.15, 0.2) is 60.0 Å². The molecule has 0 atom stereocenters. The zero-order chi connectivity index (χ0) is 20.7. The van der Waals surface area contributed by atoms with Crippen LogP contribution in [0, 0.1) is 6.92 Å². The van der Waals surface area contributed by atoms with Crippen molar-refractivity contribution in [3.63, 3.8) is 0 Å². The molecule has 1 aliphatic rings. The number of hydrogen-bond donors (Lipinski definition) is 0. The van der Waals surface area contributed by atoms with E-state index in [0.717, 1.165) is 11.3 Å². The Labute approximate surface area is 177 Å². The zero-order valence-electron chi connectivity index (χ0n) is 16.5. The maximum absolute atomic E-state index is 12.5. The smallest absolute Gasteiger partial charge is 0.236 e. The quantitative estimate of drug-likeness (QED) is 0.676. The summed E-state index contributed by atoms with van der Waals surface area (Å²) in [5, 5.41) is 1.25. The van der Waals surface area contributed by atoms with E-state index in [9.17, 15) is 13.2 Å². The van der Waals surface area contributed by atoms with Crippen LogP contribution >= 0.6 is 11.8 Å². The van der Waals surface area contributed by atoms with E-state index >= 15 is 0 Å². The predicted octanol–water partition coefficient (Wildman–Crippen LogP) is 3.37. The van der Waals surface area contributed by atoms with E-state index in [2.05, 4.69) is 25.1 Å². The summed E-state index contributed by atoms with van der Waals surface area (Å²) in [7, 11) is -3.48. The molecule has 0 bridgehead atoms. The van der Waals surface area contributed by atoms with Crippen LogP contribution in [0.2, 0.25) is 0 Å². The van der Waals surface area contributed by atoms with Gasteiger partial charge >= 0.3 is 0 Å². The van der Waals surface area contributed by atoms with Gasteiger partial charge in [-0.15, -0.1) is 11.8 Å². The average molecular weight is 431 g/mol. The van der Waals surface area contributed by atoms with Crippen LogP contribution in [0.5, 0.6) is 0 Å². The van der Waals surface area contributed by atoms with E-state index in [-0.39, 0.29) is 5.91 Å². The predicted molar refractivity (Wildman–Crippen MR) is 120 cm³/mol. The first kappa shape index (κ1) is 21.6. The van der Waals surface area contributed by atoms with Gasteiger partial charge in [-0.05, 0) is 24.1 Å². The number of carbonyl (C=O) groups excluding carboxylic acids is 1. The number of piperazine rings is 1. The molecule has 7 heteroatoms. The van der Waals surface area contributed by atoms with E-state index in [4.69, 9.17) is 0 Å². The molecule has 0 spiro atoms. The van der Waals surface area contributed by atoms with E-state index < -0.39 is 10.0 Å². The Morgan fingerprint density at radius 3 is 2.45 bits per heavy atom. The Hall–Kier alpha value is -2.09. The molecule has 1 heterocycles. The lowest BCUT2D eigenvalue weighted by molar-refractivity contribution is -0.129. The third kappa shape index (κ3) is 6.45. The molecule has 0 radical (unpaired) electrons. The van der Waals surface area contributed by atoms with Crippen LogP contribution in [0.4, 0.5) is 0 Å². The van der Waals surface area contributed by atoms with Crippen molar-refractivity contribution in [2.75, 3.05) is 31.9 Å². The molecule has 5 nitrogen and oxygen atoms in total. The van der Waals surface area contributed by atoms with Crippen molar-refractivity contribution < 1.29 is 13.2 Å². The van der Waals surface area contributed by atoms with Crippen molar-refractivity contribution in [1.82, 2.24) is 9.21 Å². The summed E-state index contributed by atoms with van der Waals surface area (Å²) in [5.74, 6) is 1.28. The highest BCUT2D eigenvalue weighted by Gasteiger charge is 2.27. The van der Waals surface area contributed by atoms with E-state index in [1.54, 1.807) is 22.7 Å². The number of benzene rings is 2. The first-order valence-electron chi connectivity index (χ1n) is 9.58. The normalized spacial score (nSPS) is 15.7. The highest BCUT2D eigenvalue weighted by atomic mass is 32.2. The number of carbonyl (C=O) groups is 1. The number of rotatable bonds is 7. The molecule has 3 rings (SSSR count). The maximum atomic E-state index is 12.5. The van der Waals surface area contributed by atoms with Crippen LogP contribution in [-0.2, 0) is 20.6 Å². The van der Waals surface area contributed by atoms with Gasteiger partial charge in [0.25, 0.3) is 0 Å². The molecule has 1 aliphatic heterocycles. The number of nitrogens with zero attached hydrogens (tertiary/aromatic N) is 2. The van der Waals surface area contributed by atoms with Gasteiger partial charge in [0.15, 0.2) is 0 Å². The SMILES string of the molecule is Cc1cccc(CSCC(=O)N2CCN(S(=O)(=O)C=Cc3ccccc3)CC2)c1. The third-order valence-electron chi connectivity index (χ3n) is 4.76. The van der Waals surface area contributed by atoms with Crippen LogP contribution in [0.3, 0.4) is 0 Å². The molecule has 1 amide bonds. The fraction of sp³-hybridized carbons (Fsp3) is 0.318. The van der Waals surface area contributed by atoms with Gasteiger partial charge < -0.3 is 4.90 Å². The molecule has 0 aromatic heterocycles. The lowest BCUT2D eigenvalue weighted by Gasteiger charge is -2.33. The minimum atomic E-state index is -3.48. The molecule has 1 fully saturated rings. The van der Waals surface area contributed by atoms with Gasteiger partial charge in [0, 0.05) is 37.3 Å². The monoisotopic (exact) mass is 430 g/mol. The van der Waals surface area contributed by atoms with Crippen molar-refractivity contribution in [3.8, 4) is 0 Å². The molecule has 1 saturated heterocycles. The number of thioether (sulfide) groups is 1. The van der Waals surface area contributed by atoms with Crippen LogP contribution < -0.4 is 0 Å². The second-order valence-corrected chi connectivity index (χ2v) is 9.82. The highest BCUT2D eigenvalue weighted by molar-refractivity contribution is 7.99. The third-order valence-corrected chi connectivity index (χ3v) is 7.31. The first-order valence-corrected chi connectivity index (χ1v) is 12.2. The molecule has 2 aromatic carbocycles. The Kier molecular flexibility index (Phi) is 7.52. The van der Waals surface area contributed by atoms with Crippen molar-refractivity contribution in [1.29, 1.82) is 0 Å². The fourth-order valence-corrected chi connectivity index (χ4v) is 5.20. The van der Waals surface area contributed by atoms with E-state index in [1.807, 2.05) is 36.4 Å². The van der Waals surface area contributed by atoms with Gasteiger partial charge in [-0.2, -0.15) is 4.31 Å². The summed E-state index contributed by atoms with van der Waals surface area (Å²) in [5.41, 5.74) is 3.27. The topological polar surface area (TPSA) is 57.7 Å². The maximum Gasteiger partial charge on any atom is 0.236 e. The Balaban J connectivity index is 1.45. The zero-order valence-corrected chi connectivity index (χ0v) is 18.2. The Morgan fingerprint density at radius 2 is 1.76 bits per heavy atom. The fourth-order valence-electron chi connectivity index (χ4n) is 3.16. The van der Waals surface area contributed by atoms with Gasteiger partial charge in [-0.25, -0.2) is 8.42 Å². The minimum Gasteiger partial charge on any atom is -0.339 e. The van der Waals surface area contributed by atoms with Crippen LogP contribution in [0.1, 0.15) is 16.7 Å². The molecular formula is C22H26N2O3S2. The van der Waals surface area contributed by atoms with Crippen molar-refractivity contribution in [3.05, 3.63) is 76.7 Å². The van der Waals surface area contributed by atoms with Gasteiger partial charge in [0.1, 0.15) is 0 Å². The molecule has 0 unspecified atom stereocenters. The molecule has 0 saturated carbocycles. The number of hydrogen-bond acceptors (Lipinski definition) is 4. The summed E-state index contributed by atoms with van der Waals surface area (Å²) in [6.07, 6.45) is 1.61. The summed E-state index contributed by atoms with van der Waals surface area (Å²) in [6.45, 7) is 3.58. The largest absolute Gasteiger partial charge is 0.339 e. The Bertz CT molecular complexity index is 951. The van der Waals surface area contributed by atoms with Crippen molar-refractivity contribution in [2.45, 2.75) is 12.7 Å². The van der Waals surface area contributed by atoms with Crippen LogP contribution in [0.25, 0.3) is 6.08 Å². The minimum absolute atomic E-state index is 0.0690. The summed E-state index contributed by atoms with van der Waals surface area (Å²) in [4.78, 5) is 14.2. The molecule has 0 N–H and O–H groups in total. The first-order chi connectivity index (χ1) is 13.9. The van der Waals surface area contributed by atoms with Crippen LogP contribution in [-0.4, -0.2) is 55.5 Å². The standard InChI is InChI=1S/C22H26N2O3S2/c1-19-6-5-9-21(16-19)17-28-18-22(25)23-11-13-24(14-12-23)29(26,27)15-10-20-7-3-2-4-8-20/h2-10,15-16H,11-14,17-18H2,1H3. The second kappa shape index (κ2) is 10.1. The highest BCUT2D eigenvalue weighted by Crippen LogP contribution is 2.16. The van der Waals surface area contributed by atoms with Crippen molar-refractivity contribution >= 4 is 33.8 Å².